The summed E-state index contributed by atoms with van der Waals surface area (Å²) in [6, 6.07) is 11.6. The molecule has 4 aromatic carbocycles. The predicted molar refractivity (Wildman–Crippen MR) is 148 cm³/mol. The Morgan fingerprint density at radius 3 is 2.08 bits per heavy atom. The molecular weight excluding hydrogens is 585 g/mol. The third-order valence-electron chi connectivity index (χ3n) is 6.21. The third-order valence-corrected chi connectivity index (χ3v) is 8.77. The summed E-state index contributed by atoms with van der Waals surface area (Å²) in [4.78, 5) is 9.59. The average molecular weight is 591 g/mol. The van der Waals surface area contributed by atoms with Crippen LogP contribution in [-0.4, -0.2) is 30.6 Å². The van der Waals surface area contributed by atoms with E-state index in [4.69, 9.17) is 79.6 Å². The minimum absolute atomic E-state index is 0.0763. The fraction of sp³-hybridized carbons (Fsp3) is 0. The number of aromatic nitrogens is 6. The molecule has 174 valence electrons. The van der Waals surface area contributed by atoms with Gasteiger partial charge in [-0.3, -0.25) is 0 Å². The Morgan fingerprint density at radius 2 is 1.25 bits per heavy atom. The maximum atomic E-state index is 7.08. The third kappa shape index (κ3) is 2.94. The highest BCUT2D eigenvalue weighted by atomic mass is 35.5. The monoisotopic (exact) mass is 588 g/mol. The molecule has 0 aliphatic heterocycles. The van der Waals surface area contributed by atoms with Gasteiger partial charge in [-0.05, 0) is 33.3 Å². The number of benzene rings is 4. The van der Waals surface area contributed by atoms with Gasteiger partial charge in [0.15, 0.2) is 0 Å². The van der Waals surface area contributed by atoms with Crippen LogP contribution in [0.4, 0.5) is 0 Å². The largest absolute Gasteiger partial charge is 0.244 e. The first-order valence-electron chi connectivity index (χ1n) is 10.3. The number of pyridine rings is 2. The van der Waals surface area contributed by atoms with Gasteiger partial charge in [0.2, 0.25) is 5.65 Å². The normalized spacial score (nSPS) is 12.2. The lowest BCUT2D eigenvalue weighted by Gasteiger charge is -2.17. The van der Waals surface area contributed by atoms with E-state index in [9.17, 15) is 0 Å². The van der Waals surface area contributed by atoms with Crippen LogP contribution in [0, 0.1) is 0 Å². The standard InChI is InChI=1S/C24H6Cl6N6/c25-15-8-4-2-1-3-7(8)5-9-10-6-11-24(34-36-35-33-11)32-21(10)23-13(12(9)15)16(26)14-17(27)18(28)19(29)20(30)22(14)31-23/h1-6H. The van der Waals surface area contributed by atoms with Crippen LogP contribution < -0.4 is 0 Å². The SMILES string of the molecule is Clc1c(Cl)c(Cl)c2c(Cl)c3c(nc2c1Cl)c1nc2nnnnc2cc1c1cc2ccccc2c(Cl)c13. The van der Waals surface area contributed by atoms with Gasteiger partial charge in [0.05, 0.1) is 46.7 Å². The highest BCUT2D eigenvalue weighted by molar-refractivity contribution is 6.58. The Labute approximate surface area is 231 Å². The van der Waals surface area contributed by atoms with Crippen molar-refractivity contribution in [1.82, 2.24) is 30.6 Å². The second-order valence-corrected chi connectivity index (χ2v) is 10.3. The molecule has 0 bridgehead atoms. The number of hydrogen-bond acceptors (Lipinski definition) is 6. The van der Waals surface area contributed by atoms with Crippen LogP contribution in [0.3, 0.4) is 0 Å². The van der Waals surface area contributed by atoms with E-state index < -0.39 is 0 Å². The molecule has 0 aliphatic rings. The van der Waals surface area contributed by atoms with Crippen LogP contribution in [0.2, 0.25) is 30.1 Å². The van der Waals surface area contributed by atoms with Crippen LogP contribution in [0.5, 0.6) is 0 Å². The lowest BCUT2D eigenvalue weighted by Crippen LogP contribution is -1.98. The molecule has 0 saturated heterocycles. The van der Waals surface area contributed by atoms with Crippen molar-refractivity contribution in [1.29, 1.82) is 0 Å². The maximum Gasteiger partial charge on any atom is 0.204 e. The summed E-state index contributed by atoms with van der Waals surface area (Å²) in [6.45, 7) is 0. The molecule has 6 nitrogen and oxygen atoms in total. The average Bonchev–Trinajstić information content (AvgIpc) is 2.89. The zero-order valence-electron chi connectivity index (χ0n) is 17.4. The Kier molecular flexibility index (Phi) is 5.00. The van der Waals surface area contributed by atoms with Crippen LogP contribution in [0.1, 0.15) is 0 Å². The highest BCUT2D eigenvalue weighted by Crippen LogP contribution is 2.50. The second-order valence-electron chi connectivity index (χ2n) is 8.07. The fourth-order valence-corrected chi connectivity index (χ4v) is 6.40. The van der Waals surface area contributed by atoms with E-state index in [1.165, 1.54) is 0 Å². The lowest BCUT2D eigenvalue weighted by molar-refractivity contribution is 0.792. The summed E-state index contributed by atoms with van der Waals surface area (Å²) >= 11 is 40.0. The van der Waals surface area contributed by atoms with Gasteiger partial charge in [-0.15, -0.1) is 10.2 Å². The van der Waals surface area contributed by atoms with Crippen LogP contribution in [-0.2, 0) is 0 Å². The number of fused-ring (bicyclic) bond motifs is 9. The molecule has 0 amide bonds. The zero-order valence-corrected chi connectivity index (χ0v) is 22.0. The summed E-state index contributed by atoms with van der Waals surface area (Å²) < 4.78 is 0. The first kappa shape index (κ1) is 22.6. The Hall–Kier alpha value is -2.58. The summed E-state index contributed by atoms with van der Waals surface area (Å²) in [5, 5.41) is 21.4. The Morgan fingerprint density at radius 1 is 0.500 bits per heavy atom. The van der Waals surface area contributed by atoms with Crippen LogP contribution >= 0.6 is 69.6 Å². The van der Waals surface area contributed by atoms with Crippen molar-refractivity contribution in [3.8, 4) is 0 Å². The van der Waals surface area contributed by atoms with E-state index >= 15 is 0 Å². The molecule has 7 aromatic rings. The van der Waals surface area contributed by atoms with Crippen molar-refractivity contribution in [3.05, 3.63) is 66.5 Å². The molecular formula is C24H6Cl6N6. The van der Waals surface area contributed by atoms with Crippen LogP contribution in [0.25, 0.3) is 65.4 Å². The molecule has 0 aliphatic carbocycles. The van der Waals surface area contributed by atoms with Gasteiger partial charge in [0, 0.05) is 26.9 Å². The quantitative estimate of drug-likeness (QED) is 0.0759. The minimum Gasteiger partial charge on any atom is -0.244 e. The minimum atomic E-state index is 0.0763. The number of nitrogens with zero attached hydrogens (tertiary/aromatic N) is 6. The van der Waals surface area contributed by atoms with Crippen molar-refractivity contribution in [2.45, 2.75) is 0 Å². The number of hydrogen-bond donors (Lipinski definition) is 0. The molecule has 3 heterocycles. The molecule has 0 radical (unpaired) electrons. The molecule has 0 spiro atoms. The molecule has 7 rings (SSSR count). The predicted octanol–water partition coefficient (Wildman–Crippen LogP) is 8.90. The molecule has 0 N–H and O–H groups in total. The molecule has 0 unspecified atom stereocenters. The molecule has 0 fully saturated rings. The lowest BCUT2D eigenvalue weighted by atomic mass is 9.95. The van der Waals surface area contributed by atoms with E-state index in [2.05, 4.69) is 20.6 Å². The van der Waals surface area contributed by atoms with Crippen LogP contribution in [0.15, 0.2) is 36.4 Å². The second kappa shape index (κ2) is 7.96. The molecule has 0 saturated carbocycles. The van der Waals surface area contributed by atoms with Crippen molar-refractivity contribution in [3.63, 3.8) is 0 Å². The molecule has 12 heteroatoms. The van der Waals surface area contributed by atoms with Gasteiger partial charge < -0.3 is 0 Å². The van der Waals surface area contributed by atoms with E-state index in [1.807, 2.05) is 36.4 Å². The number of rotatable bonds is 0. The summed E-state index contributed by atoms with van der Waals surface area (Å²) in [5.74, 6) is 0. The molecule has 0 atom stereocenters. The molecule has 3 aromatic heterocycles. The van der Waals surface area contributed by atoms with Gasteiger partial charge in [0.25, 0.3) is 0 Å². The van der Waals surface area contributed by atoms with E-state index in [0.29, 0.717) is 43.4 Å². The van der Waals surface area contributed by atoms with Crippen molar-refractivity contribution in [2.75, 3.05) is 0 Å². The smallest absolute Gasteiger partial charge is 0.204 e. The summed E-state index contributed by atoms with van der Waals surface area (Å²) in [5.41, 5.74) is 1.98. The Bertz CT molecular complexity index is 2130. The van der Waals surface area contributed by atoms with E-state index in [-0.39, 0.29) is 30.6 Å². The first-order valence-corrected chi connectivity index (χ1v) is 12.6. The summed E-state index contributed by atoms with van der Waals surface area (Å²) in [6.07, 6.45) is 0. The first-order chi connectivity index (χ1) is 17.4. The van der Waals surface area contributed by atoms with E-state index in [0.717, 1.165) is 21.5 Å². The zero-order chi connectivity index (χ0) is 24.9. The topological polar surface area (TPSA) is 77.3 Å². The van der Waals surface area contributed by atoms with Gasteiger partial charge in [-0.25, -0.2) is 9.97 Å². The van der Waals surface area contributed by atoms with Crippen molar-refractivity contribution < 1.29 is 0 Å². The molecule has 36 heavy (non-hydrogen) atoms. The Balaban J connectivity index is 1.88. The van der Waals surface area contributed by atoms with Gasteiger partial charge in [-0.2, -0.15) is 0 Å². The summed E-state index contributed by atoms with van der Waals surface area (Å²) in [7, 11) is 0. The van der Waals surface area contributed by atoms with E-state index in [1.54, 1.807) is 0 Å². The van der Waals surface area contributed by atoms with Crippen molar-refractivity contribution in [2.24, 2.45) is 0 Å². The highest BCUT2D eigenvalue weighted by Gasteiger charge is 2.25. The number of halogens is 6. The fourth-order valence-electron chi connectivity index (χ4n) is 4.64. The van der Waals surface area contributed by atoms with Gasteiger partial charge >= 0.3 is 0 Å². The van der Waals surface area contributed by atoms with Gasteiger partial charge in [0.1, 0.15) is 5.52 Å². The van der Waals surface area contributed by atoms with Crippen molar-refractivity contribution >= 4 is 135 Å². The maximum absolute atomic E-state index is 7.08. The van der Waals surface area contributed by atoms with Gasteiger partial charge in [-0.1, -0.05) is 93.9 Å².